The predicted molar refractivity (Wildman–Crippen MR) is 131 cm³/mol. The Labute approximate surface area is 208 Å². The molecule has 1 aromatic carbocycles. The van der Waals surface area contributed by atoms with Gasteiger partial charge >= 0.3 is 6.09 Å². The van der Waals surface area contributed by atoms with Crippen molar-refractivity contribution in [3.8, 4) is 11.5 Å². The lowest BCUT2D eigenvalue weighted by atomic mass is 10.0. The lowest BCUT2D eigenvalue weighted by Crippen LogP contribution is -2.46. The average Bonchev–Trinajstić information content (AvgIpc) is 2.95. The number of carbonyl (C=O) groups is 1. The van der Waals surface area contributed by atoms with Gasteiger partial charge in [-0.3, -0.25) is 4.90 Å². The van der Waals surface area contributed by atoms with Crippen molar-refractivity contribution in [3.63, 3.8) is 0 Å². The lowest BCUT2D eigenvalue weighted by Gasteiger charge is -2.28. The Bertz CT molecular complexity index is 811. The van der Waals surface area contributed by atoms with Crippen LogP contribution in [0.1, 0.15) is 32.8 Å². The minimum Gasteiger partial charge on any atom is -0.493 e. The molecule has 0 bridgehead atoms. The Kier molecular flexibility index (Phi) is 9.99. The second-order valence-electron chi connectivity index (χ2n) is 10.1. The number of amides is 1. The third kappa shape index (κ3) is 8.80. The van der Waals surface area contributed by atoms with Crippen LogP contribution in [0.15, 0.2) is 18.2 Å². The van der Waals surface area contributed by atoms with E-state index in [2.05, 4.69) is 10.2 Å². The van der Waals surface area contributed by atoms with Crippen LogP contribution in [0.2, 0.25) is 0 Å². The smallest absolute Gasteiger partial charge is 0.410 e. The molecule has 10 nitrogen and oxygen atoms in total. The third-order valence-corrected chi connectivity index (χ3v) is 6.05. The van der Waals surface area contributed by atoms with E-state index in [4.69, 9.17) is 18.9 Å². The molecular formula is C25H41N3O7. The van der Waals surface area contributed by atoms with Crippen LogP contribution in [0, 0.1) is 0 Å². The van der Waals surface area contributed by atoms with E-state index >= 15 is 0 Å². The molecule has 2 saturated heterocycles. The van der Waals surface area contributed by atoms with E-state index in [9.17, 15) is 15.0 Å². The Morgan fingerprint density at radius 2 is 1.91 bits per heavy atom. The molecule has 35 heavy (non-hydrogen) atoms. The number of carbonyl (C=O) groups excluding carboxylic acids is 1. The van der Waals surface area contributed by atoms with Crippen LogP contribution < -0.4 is 14.8 Å². The fraction of sp³-hybridized carbons (Fsp3) is 0.720. The van der Waals surface area contributed by atoms with E-state index in [0.717, 1.165) is 38.4 Å². The molecule has 2 heterocycles. The fourth-order valence-electron chi connectivity index (χ4n) is 4.20. The Morgan fingerprint density at radius 1 is 1.17 bits per heavy atom. The van der Waals surface area contributed by atoms with Gasteiger partial charge in [0.15, 0.2) is 11.5 Å². The molecule has 2 aliphatic rings. The molecule has 2 fully saturated rings. The number of ether oxygens (including phenoxy) is 4. The third-order valence-electron chi connectivity index (χ3n) is 6.05. The van der Waals surface area contributed by atoms with Gasteiger partial charge in [-0.15, -0.1) is 0 Å². The molecule has 3 rings (SSSR count). The molecule has 0 radical (unpaired) electrons. The fourth-order valence-corrected chi connectivity index (χ4v) is 4.20. The zero-order chi connectivity index (χ0) is 25.4. The number of hydrogen-bond acceptors (Lipinski definition) is 9. The monoisotopic (exact) mass is 495 g/mol. The van der Waals surface area contributed by atoms with Gasteiger partial charge in [-0.25, -0.2) is 4.79 Å². The van der Waals surface area contributed by atoms with Gasteiger partial charge in [0.1, 0.15) is 12.2 Å². The molecule has 3 atom stereocenters. The van der Waals surface area contributed by atoms with Crippen LogP contribution in [-0.4, -0.2) is 110 Å². The summed E-state index contributed by atoms with van der Waals surface area (Å²) in [6.45, 7) is 10.8. The highest BCUT2D eigenvalue weighted by molar-refractivity contribution is 5.68. The SMILES string of the molecule is COc1cc(CN[C@@H]2C[C@@H](O)CN(C(=O)OC(C)(C)C)C[C@H]2O)ccc1OCCN1CCOCC1. The second kappa shape index (κ2) is 12.7. The van der Waals surface area contributed by atoms with Gasteiger partial charge in [-0.1, -0.05) is 6.07 Å². The first-order chi connectivity index (χ1) is 16.6. The van der Waals surface area contributed by atoms with Crippen molar-refractivity contribution in [1.82, 2.24) is 15.1 Å². The minimum atomic E-state index is -0.843. The largest absolute Gasteiger partial charge is 0.493 e. The molecule has 0 spiro atoms. The molecular weight excluding hydrogens is 454 g/mol. The zero-order valence-electron chi connectivity index (χ0n) is 21.4. The van der Waals surface area contributed by atoms with Gasteiger partial charge in [0, 0.05) is 32.2 Å². The van der Waals surface area contributed by atoms with Gasteiger partial charge in [0.05, 0.1) is 45.6 Å². The summed E-state index contributed by atoms with van der Waals surface area (Å²) in [5.41, 5.74) is 0.311. The van der Waals surface area contributed by atoms with E-state index in [0.29, 0.717) is 31.1 Å². The molecule has 0 aliphatic carbocycles. The number of likely N-dealkylation sites (tertiary alicyclic amines) is 1. The number of morpholine rings is 1. The van der Waals surface area contributed by atoms with Crippen LogP contribution in [0.5, 0.6) is 11.5 Å². The molecule has 2 aliphatic heterocycles. The van der Waals surface area contributed by atoms with Crippen LogP contribution in [0.25, 0.3) is 0 Å². The first-order valence-corrected chi connectivity index (χ1v) is 12.3. The van der Waals surface area contributed by atoms with Crippen molar-refractivity contribution >= 4 is 6.09 Å². The van der Waals surface area contributed by atoms with Crippen molar-refractivity contribution in [3.05, 3.63) is 23.8 Å². The van der Waals surface area contributed by atoms with Crippen molar-refractivity contribution in [2.45, 2.75) is 57.6 Å². The Hall–Kier alpha value is -2.11. The van der Waals surface area contributed by atoms with E-state index in [1.807, 2.05) is 18.2 Å². The van der Waals surface area contributed by atoms with E-state index in [1.165, 1.54) is 4.90 Å². The lowest BCUT2D eigenvalue weighted by molar-refractivity contribution is 0.0104. The van der Waals surface area contributed by atoms with Gasteiger partial charge in [0.2, 0.25) is 0 Å². The quantitative estimate of drug-likeness (QED) is 0.490. The second-order valence-corrected chi connectivity index (χ2v) is 10.1. The summed E-state index contributed by atoms with van der Waals surface area (Å²) < 4.78 is 22.2. The highest BCUT2D eigenvalue weighted by Crippen LogP contribution is 2.28. The number of methoxy groups -OCH3 is 1. The highest BCUT2D eigenvalue weighted by Gasteiger charge is 2.33. The molecule has 0 unspecified atom stereocenters. The molecule has 1 aromatic rings. The van der Waals surface area contributed by atoms with Crippen LogP contribution in [0.4, 0.5) is 4.79 Å². The summed E-state index contributed by atoms with van der Waals surface area (Å²) >= 11 is 0. The summed E-state index contributed by atoms with van der Waals surface area (Å²) in [4.78, 5) is 16.1. The summed E-state index contributed by atoms with van der Waals surface area (Å²) in [5.74, 6) is 1.33. The number of rotatable bonds is 8. The van der Waals surface area contributed by atoms with Crippen LogP contribution >= 0.6 is 0 Å². The van der Waals surface area contributed by atoms with E-state index < -0.39 is 23.9 Å². The molecule has 1 amide bonds. The maximum Gasteiger partial charge on any atom is 0.410 e. The predicted octanol–water partition coefficient (Wildman–Crippen LogP) is 1.23. The van der Waals surface area contributed by atoms with E-state index in [-0.39, 0.29) is 19.1 Å². The van der Waals surface area contributed by atoms with Gasteiger partial charge in [0.25, 0.3) is 0 Å². The molecule has 198 valence electrons. The summed E-state index contributed by atoms with van der Waals surface area (Å²) in [5, 5.41) is 24.5. The number of aliphatic hydroxyl groups is 2. The van der Waals surface area contributed by atoms with Crippen molar-refractivity contribution in [2.24, 2.45) is 0 Å². The molecule has 0 aromatic heterocycles. The number of nitrogens with zero attached hydrogens (tertiary/aromatic N) is 2. The molecule has 3 N–H and O–H groups in total. The van der Waals surface area contributed by atoms with Gasteiger partial charge in [-0.2, -0.15) is 0 Å². The molecule has 10 heteroatoms. The van der Waals surface area contributed by atoms with Crippen LogP contribution in [0.3, 0.4) is 0 Å². The van der Waals surface area contributed by atoms with Gasteiger partial charge < -0.3 is 39.4 Å². The summed E-state index contributed by atoms with van der Waals surface area (Å²) in [6.07, 6.45) is -1.83. The summed E-state index contributed by atoms with van der Waals surface area (Å²) in [6, 6.07) is 5.36. The number of hydrogen-bond donors (Lipinski definition) is 3. The highest BCUT2D eigenvalue weighted by atomic mass is 16.6. The number of β-amino-alcohol motifs (C(OH)–C–C–N with tert-alkyl or cyclic N) is 2. The van der Waals surface area contributed by atoms with Crippen molar-refractivity contribution in [1.29, 1.82) is 0 Å². The van der Waals surface area contributed by atoms with E-state index in [1.54, 1.807) is 27.9 Å². The minimum absolute atomic E-state index is 0.0862. The maximum atomic E-state index is 12.4. The zero-order valence-corrected chi connectivity index (χ0v) is 21.4. The first-order valence-electron chi connectivity index (χ1n) is 12.3. The maximum absolute atomic E-state index is 12.4. The van der Waals surface area contributed by atoms with Crippen molar-refractivity contribution < 1.29 is 34.0 Å². The topological polar surface area (TPSA) is 113 Å². The Morgan fingerprint density at radius 3 is 2.60 bits per heavy atom. The number of nitrogens with one attached hydrogen (secondary N) is 1. The van der Waals surface area contributed by atoms with Crippen molar-refractivity contribution in [2.75, 3.05) is 59.7 Å². The number of aliphatic hydroxyl groups excluding tert-OH is 2. The van der Waals surface area contributed by atoms with Gasteiger partial charge in [-0.05, 0) is 44.9 Å². The molecule has 0 saturated carbocycles. The normalized spacial score (nSPS) is 24.1. The first kappa shape index (κ1) is 27.5. The summed E-state index contributed by atoms with van der Waals surface area (Å²) in [7, 11) is 1.61. The Balaban J connectivity index is 1.52. The average molecular weight is 496 g/mol. The standard InChI is InChI=1S/C25H41N3O7/c1-25(2,3)35-24(31)28-16-19(29)14-20(21(30)17-28)26-15-18-5-6-22(23(13-18)32-4)34-12-9-27-7-10-33-11-8-27/h5-6,13,19-21,26,29-30H,7-12,14-17H2,1-4H3/t19-,20-,21-/m1/s1. The number of benzene rings is 1. The van der Waals surface area contributed by atoms with Crippen LogP contribution in [-0.2, 0) is 16.0 Å².